The zero-order valence-corrected chi connectivity index (χ0v) is 11.3. The number of rotatable bonds is 4. The summed E-state index contributed by atoms with van der Waals surface area (Å²) in [5.74, 6) is 0. The van der Waals surface area contributed by atoms with Crippen LogP contribution in [0, 0.1) is 20.8 Å². The largest absolute Gasteiger partial charge is 0.307 e. The van der Waals surface area contributed by atoms with Gasteiger partial charge in [0.2, 0.25) is 0 Å². The topological polar surface area (TPSA) is 24.9 Å². The zero-order valence-electron chi connectivity index (χ0n) is 11.3. The molecule has 0 fully saturated rings. The Balaban J connectivity index is 1.90. The Bertz CT molecular complexity index is 532. The first-order chi connectivity index (χ1) is 8.65. The molecule has 0 aliphatic carbocycles. The Labute approximate surface area is 109 Å². The third kappa shape index (κ3) is 3.41. The van der Waals surface area contributed by atoms with E-state index in [1.165, 1.54) is 16.7 Å². The molecule has 0 saturated heterocycles. The van der Waals surface area contributed by atoms with Gasteiger partial charge in [-0.05, 0) is 49.6 Å². The highest BCUT2D eigenvalue weighted by molar-refractivity contribution is 5.29. The smallest absolute Gasteiger partial charge is 0.0544 e. The lowest BCUT2D eigenvalue weighted by atomic mass is 10.1. The van der Waals surface area contributed by atoms with Gasteiger partial charge in [-0.3, -0.25) is 4.98 Å². The number of nitrogens with zero attached hydrogens (tertiary/aromatic N) is 1. The molecule has 0 atom stereocenters. The second-order valence-corrected chi connectivity index (χ2v) is 4.79. The van der Waals surface area contributed by atoms with E-state index >= 15 is 0 Å². The van der Waals surface area contributed by atoms with Crippen LogP contribution in [-0.2, 0) is 13.1 Å². The normalized spacial score (nSPS) is 10.6. The van der Waals surface area contributed by atoms with E-state index in [4.69, 9.17) is 0 Å². The minimum absolute atomic E-state index is 0.814. The van der Waals surface area contributed by atoms with Crippen LogP contribution in [0.25, 0.3) is 0 Å². The van der Waals surface area contributed by atoms with Crippen LogP contribution in [0.3, 0.4) is 0 Å². The maximum Gasteiger partial charge on any atom is 0.0544 e. The number of pyridine rings is 1. The molecule has 94 valence electrons. The van der Waals surface area contributed by atoms with Gasteiger partial charge in [0.15, 0.2) is 0 Å². The summed E-state index contributed by atoms with van der Waals surface area (Å²) in [7, 11) is 0. The van der Waals surface area contributed by atoms with E-state index in [1.54, 1.807) is 0 Å². The van der Waals surface area contributed by atoms with E-state index in [0.717, 1.165) is 24.5 Å². The summed E-state index contributed by atoms with van der Waals surface area (Å²) >= 11 is 0. The van der Waals surface area contributed by atoms with Gasteiger partial charge in [0.05, 0.1) is 5.69 Å². The molecule has 2 rings (SSSR count). The summed E-state index contributed by atoms with van der Waals surface area (Å²) in [6.45, 7) is 8.02. The number of aromatic nitrogens is 1. The van der Waals surface area contributed by atoms with Gasteiger partial charge in [0.25, 0.3) is 0 Å². The minimum Gasteiger partial charge on any atom is -0.307 e. The third-order valence-electron chi connectivity index (χ3n) is 3.15. The highest BCUT2D eigenvalue weighted by Gasteiger charge is 1.98. The molecule has 1 aromatic heterocycles. The third-order valence-corrected chi connectivity index (χ3v) is 3.15. The first kappa shape index (κ1) is 12.8. The monoisotopic (exact) mass is 240 g/mol. The molecule has 1 heterocycles. The maximum absolute atomic E-state index is 4.47. The van der Waals surface area contributed by atoms with E-state index < -0.39 is 0 Å². The molecule has 18 heavy (non-hydrogen) atoms. The molecule has 0 aliphatic heterocycles. The molecular formula is C16H20N2. The molecule has 2 heteroatoms. The van der Waals surface area contributed by atoms with Crippen LogP contribution in [0.4, 0.5) is 0 Å². The number of hydrogen-bond donors (Lipinski definition) is 1. The standard InChI is InChI=1S/C16H20N2/c1-12-7-8-15(9-13(12)2)10-17-11-16-6-4-5-14(3)18-16/h4-9,17H,10-11H2,1-3H3. The van der Waals surface area contributed by atoms with Gasteiger partial charge < -0.3 is 5.32 Å². The summed E-state index contributed by atoms with van der Waals surface area (Å²) in [4.78, 5) is 4.47. The molecule has 1 N–H and O–H groups in total. The molecule has 0 spiro atoms. The van der Waals surface area contributed by atoms with Crippen molar-refractivity contribution in [3.63, 3.8) is 0 Å². The summed E-state index contributed by atoms with van der Waals surface area (Å²) in [6, 6.07) is 12.7. The second kappa shape index (κ2) is 5.78. The first-order valence-electron chi connectivity index (χ1n) is 6.34. The first-order valence-corrected chi connectivity index (χ1v) is 6.34. The van der Waals surface area contributed by atoms with Crippen molar-refractivity contribution in [1.29, 1.82) is 0 Å². The van der Waals surface area contributed by atoms with E-state index in [0.29, 0.717) is 0 Å². The van der Waals surface area contributed by atoms with Gasteiger partial charge in [-0.1, -0.05) is 24.3 Å². The van der Waals surface area contributed by atoms with Crippen molar-refractivity contribution in [2.45, 2.75) is 33.9 Å². The lowest BCUT2D eigenvalue weighted by molar-refractivity contribution is 0.677. The fourth-order valence-corrected chi connectivity index (χ4v) is 1.95. The van der Waals surface area contributed by atoms with Gasteiger partial charge in [-0.15, -0.1) is 0 Å². The molecule has 0 radical (unpaired) electrons. The Hall–Kier alpha value is -1.67. The predicted molar refractivity (Wildman–Crippen MR) is 75.4 cm³/mol. The lowest BCUT2D eigenvalue weighted by Crippen LogP contribution is -2.14. The molecule has 0 bridgehead atoms. The average molecular weight is 240 g/mol. The molecule has 2 aromatic rings. The van der Waals surface area contributed by atoms with Crippen molar-refractivity contribution in [2.75, 3.05) is 0 Å². The number of aryl methyl sites for hydroxylation is 3. The van der Waals surface area contributed by atoms with Crippen molar-refractivity contribution in [3.05, 3.63) is 64.5 Å². The SMILES string of the molecule is Cc1cccc(CNCc2ccc(C)c(C)c2)n1. The Morgan fingerprint density at radius 1 is 0.944 bits per heavy atom. The Morgan fingerprint density at radius 3 is 2.50 bits per heavy atom. The summed E-state index contributed by atoms with van der Waals surface area (Å²) in [5.41, 5.74) is 6.19. The number of nitrogens with one attached hydrogen (secondary N) is 1. The molecule has 0 saturated carbocycles. The van der Waals surface area contributed by atoms with Crippen LogP contribution >= 0.6 is 0 Å². The second-order valence-electron chi connectivity index (χ2n) is 4.79. The van der Waals surface area contributed by atoms with Crippen molar-refractivity contribution < 1.29 is 0 Å². The van der Waals surface area contributed by atoms with Crippen LogP contribution < -0.4 is 5.32 Å². The highest BCUT2D eigenvalue weighted by atomic mass is 14.9. The Kier molecular flexibility index (Phi) is 4.11. The fraction of sp³-hybridized carbons (Fsp3) is 0.312. The van der Waals surface area contributed by atoms with Crippen molar-refractivity contribution in [2.24, 2.45) is 0 Å². The van der Waals surface area contributed by atoms with E-state index in [9.17, 15) is 0 Å². The van der Waals surface area contributed by atoms with E-state index in [2.05, 4.69) is 54.5 Å². The Morgan fingerprint density at radius 2 is 1.78 bits per heavy atom. The van der Waals surface area contributed by atoms with E-state index in [1.807, 2.05) is 13.0 Å². The van der Waals surface area contributed by atoms with Crippen molar-refractivity contribution in [1.82, 2.24) is 10.3 Å². The average Bonchev–Trinajstić information content (AvgIpc) is 2.34. The molecule has 0 amide bonds. The van der Waals surface area contributed by atoms with Gasteiger partial charge >= 0.3 is 0 Å². The van der Waals surface area contributed by atoms with Crippen LogP contribution in [0.2, 0.25) is 0 Å². The van der Waals surface area contributed by atoms with Gasteiger partial charge in [-0.2, -0.15) is 0 Å². The van der Waals surface area contributed by atoms with Crippen LogP contribution in [0.15, 0.2) is 36.4 Å². The number of hydrogen-bond acceptors (Lipinski definition) is 2. The molecule has 0 unspecified atom stereocenters. The van der Waals surface area contributed by atoms with Crippen LogP contribution in [-0.4, -0.2) is 4.98 Å². The lowest BCUT2D eigenvalue weighted by Gasteiger charge is -2.07. The molecule has 2 nitrogen and oxygen atoms in total. The fourth-order valence-electron chi connectivity index (χ4n) is 1.95. The van der Waals surface area contributed by atoms with Crippen LogP contribution in [0.1, 0.15) is 28.1 Å². The maximum atomic E-state index is 4.47. The minimum atomic E-state index is 0.814. The van der Waals surface area contributed by atoms with Crippen molar-refractivity contribution in [3.8, 4) is 0 Å². The van der Waals surface area contributed by atoms with E-state index in [-0.39, 0.29) is 0 Å². The van der Waals surface area contributed by atoms with Gasteiger partial charge in [0, 0.05) is 18.8 Å². The summed E-state index contributed by atoms with van der Waals surface area (Å²) in [5, 5.41) is 3.43. The molecule has 1 aromatic carbocycles. The quantitative estimate of drug-likeness (QED) is 0.887. The summed E-state index contributed by atoms with van der Waals surface area (Å²) < 4.78 is 0. The number of benzene rings is 1. The zero-order chi connectivity index (χ0) is 13.0. The molecule has 0 aliphatic rings. The molecular weight excluding hydrogens is 220 g/mol. The summed E-state index contributed by atoms with van der Waals surface area (Å²) in [6.07, 6.45) is 0. The van der Waals surface area contributed by atoms with Gasteiger partial charge in [-0.25, -0.2) is 0 Å². The highest BCUT2D eigenvalue weighted by Crippen LogP contribution is 2.09. The van der Waals surface area contributed by atoms with Crippen LogP contribution in [0.5, 0.6) is 0 Å². The predicted octanol–water partition coefficient (Wildman–Crippen LogP) is 3.30. The van der Waals surface area contributed by atoms with Crippen molar-refractivity contribution >= 4 is 0 Å². The van der Waals surface area contributed by atoms with Gasteiger partial charge in [0.1, 0.15) is 0 Å².